The topological polar surface area (TPSA) is 59.8 Å². The molecule has 0 unspecified atom stereocenters. The molecule has 0 aliphatic heterocycles. The molecule has 0 spiro atoms. The van der Waals surface area contributed by atoms with E-state index in [-0.39, 0.29) is 5.69 Å². The van der Waals surface area contributed by atoms with E-state index in [9.17, 15) is 13.6 Å². The zero-order valence-corrected chi connectivity index (χ0v) is 11.6. The highest BCUT2D eigenvalue weighted by Gasteiger charge is 2.18. The molecule has 8 heteroatoms. The summed E-state index contributed by atoms with van der Waals surface area (Å²) >= 11 is 1.18. The Morgan fingerprint density at radius 1 is 1.45 bits per heavy atom. The van der Waals surface area contributed by atoms with E-state index < -0.39 is 22.8 Å². The highest BCUT2D eigenvalue weighted by molar-refractivity contribution is 8.00. The Hall–Kier alpha value is -1.96. The lowest BCUT2D eigenvalue weighted by atomic mass is 10.3. The van der Waals surface area contributed by atoms with E-state index >= 15 is 0 Å². The van der Waals surface area contributed by atoms with Crippen molar-refractivity contribution in [2.75, 3.05) is 5.32 Å². The van der Waals surface area contributed by atoms with Crippen LogP contribution in [0, 0.1) is 11.6 Å². The van der Waals surface area contributed by atoms with E-state index in [1.165, 1.54) is 18.1 Å². The molecule has 1 aromatic carbocycles. The quantitative estimate of drug-likeness (QED) is 0.879. The summed E-state index contributed by atoms with van der Waals surface area (Å²) in [7, 11) is 1.75. The van der Waals surface area contributed by atoms with E-state index in [0.717, 1.165) is 18.2 Å². The summed E-state index contributed by atoms with van der Waals surface area (Å²) in [5, 5.41) is 9.92. The Labute approximate surface area is 118 Å². The van der Waals surface area contributed by atoms with Crippen molar-refractivity contribution in [3.8, 4) is 0 Å². The van der Waals surface area contributed by atoms with Gasteiger partial charge in [-0.1, -0.05) is 11.8 Å². The second-order valence-corrected chi connectivity index (χ2v) is 5.41. The number of nitrogens with zero attached hydrogens (tertiary/aromatic N) is 3. The lowest BCUT2D eigenvalue weighted by molar-refractivity contribution is -0.115. The molecule has 2 aromatic rings. The third kappa shape index (κ3) is 3.32. The molecule has 0 saturated carbocycles. The molecule has 0 aliphatic rings. The van der Waals surface area contributed by atoms with Gasteiger partial charge in [0.1, 0.15) is 18.0 Å². The number of anilines is 1. The molecule has 0 bridgehead atoms. The molecule has 0 radical (unpaired) electrons. The molecule has 106 valence electrons. The van der Waals surface area contributed by atoms with Gasteiger partial charge >= 0.3 is 0 Å². The second kappa shape index (κ2) is 6.00. The van der Waals surface area contributed by atoms with Crippen molar-refractivity contribution in [1.82, 2.24) is 14.8 Å². The number of carbonyl (C=O) groups is 1. The number of carbonyl (C=O) groups excluding carboxylic acids is 1. The minimum atomic E-state index is -0.685. The van der Waals surface area contributed by atoms with Crippen LogP contribution in [0.2, 0.25) is 0 Å². The summed E-state index contributed by atoms with van der Waals surface area (Å²) in [4.78, 5) is 11.9. The van der Waals surface area contributed by atoms with Crippen LogP contribution < -0.4 is 5.32 Å². The SMILES string of the molecule is C[C@H](Sc1nncn1C)C(=O)Nc1cc(F)ccc1F. The predicted octanol–water partition coefficient (Wildman–Crippen LogP) is 2.21. The highest BCUT2D eigenvalue weighted by Crippen LogP contribution is 2.22. The molecule has 1 amide bonds. The molecule has 0 aliphatic carbocycles. The molecular formula is C12H12F2N4OS. The first-order valence-corrected chi connectivity index (χ1v) is 6.62. The lowest BCUT2D eigenvalue weighted by Crippen LogP contribution is -2.23. The van der Waals surface area contributed by atoms with Crippen LogP contribution in [-0.2, 0) is 11.8 Å². The van der Waals surface area contributed by atoms with Crippen LogP contribution in [-0.4, -0.2) is 25.9 Å². The maximum atomic E-state index is 13.4. The number of hydrogen-bond donors (Lipinski definition) is 1. The third-order valence-electron chi connectivity index (χ3n) is 2.51. The number of hydrogen-bond acceptors (Lipinski definition) is 4. The smallest absolute Gasteiger partial charge is 0.237 e. The zero-order chi connectivity index (χ0) is 14.7. The van der Waals surface area contributed by atoms with Gasteiger partial charge in [-0.15, -0.1) is 10.2 Å². The number of amides is 1. The second-order valence-electron chi connectivity index (χ2n) is 4.10. The zero-order valence-electron chi connectivity index (χ0n) is 10.8. The third-order valence-corrected chi connectivity index (χ3v) is 3.66. The number of rotatable bonds is 4. The van der Waals surface area contributed by atoms with Gasteiger partial charge in [0, 0.05) is 13.1 Å². The fraction of sp³-hybridized carbons (Fsp3) is 0.250. The van der Waals surface area contributed by atoms with Crippen molar-refractivity contribution in [1.29, 1.82) is 0 Å². The summed E-state index contributed by atoms with van der Waals surface area (Å²) in [6.07, 6.45) is 1.51. The monoisotopic (exact) mass is 298 g/mol. The van der Waals surface area contributed by atoms with Crippen LogP contribution in [0.1, 0.15) is 6.92 Å². The molecule has 1 N–H and O–H groups in total. The Morgan fingerprint density at radius 3 is 2.85 bits per heavy atom. The fourth-order valence-corrected chi connectivity index (χ4v) is 2.21. The Balaban J connectivity index is 2.04. The minimum Gasteiger partial charge on any atom is -0.323 e. The average molecular weight is 298 g/mol. The predicted molar refractivity (Wildman–Crippen MR) is 71.3 cm³/mol. The molecule has 2 rings (SSSR count). The van der Waals surface area contributed by atoms with Crippen LogP contribution in [0.3, 0.4) is 0 Å². The number of nitrogens with one attached hydrogen (secondary N) is 1. The van der Waals surface area contributed by atoms with Gasteiger partial charge in [0.05, 0.1) is 10.9 Å². The summed E-state index contributed by atoms with van der Waals surface area (Å²) < 4.78 is 28.1. The number of aryl methyl sites for hydroxylation is 1. The van der Waals surface area contributed by atoms with Crippen molar-refractivity contribution >= 4 is 23.4 Å². The molecule has 1 aromatic heterocycles. The maximum absolute atomic E-state index is 13.4. The van der Waals surface area contributed by atoms with Gasteiger partial charge in [-0.2, -0.15) is 0 Å². The van der Waals surface area contributed by atoms with Gasteiger partial charge in [-0.05, 0) is 19.1 Å². The normalized spacial score (nSPS) is 12.2. The standard InChI is InChI=1S/C12H12F2N4OS/c1-7(20-12-17-15-6-18(12)2)11(19)16-10-5-8(13)3-4-9(10)14/h3-7H,1-2H3,(H,16,19)/t7-/m0/s1. The summed E-state index contributed by atoms with van der Waals surface area (Å²) in [5.41, 5.74) is -0.180. The molecule has 0 fully saturated rings. The van der Waals surface area contributed by atoms with Gasteiger partial charge in [0.2, 0.25) is 5.91 Å². The first-order valence-electron chi connectivity index (χ1n) is 5.74. The molecule has 1 heterocycles. The number of thioether (sulfide) groups is 1. The van der Waals surface area contributed by atoms with Crippen molar-refractivity contribution in [3.05, 3.63) is 36.2 Å². The van der Waals surface area contributed by atoms with Crippen LogP contribution in [0.25, 0.3) is 0 Å². The van der Waals surface area contributed by atoms with Crippen LogP contribution in [0.15, 0.2) is 29.7 Å². The summed E-state index contributed by atoms with van der Waals surface area (Å²) in [6, 6.07) is 2.89. The minimum absolute atomic E-state index is 0.180. The van der Waals surface area contributed by atoms with Crippen LogP contribution >= 0.6 is 11.8 Å². The first-order chi connectivity index (χ1) is 9.47. The Morgan fingerprint density at radius 2 is 2.20 bits per heavy atom. The van der Waals surface area contributed by atoms with Gasteiger partial charge in [-0.3, -0.25) is 4.79 Å². The molecule has 1 atom stereocenters. The molecular weight excluding hydrogens is 286 g/mol. The van der Waals surface area contributed by atoms with Crippen LogP contribution in [0.4, 0.5) is 14.5 Å². The van der Waals surface area contributed by atoms with E-state index in [1.54, 1.807) is 18.5 Å². The average Bonchev–Trinajstić information content (AvgIpc) is 2.79. The largest absolute Gasteiger partial charge is 0.323 e. The van der Waals surface area contributed by atoms with Crippen molar-refractivity contribution in [2.24, 2.45) is 7.05 Å². The van der Waals surface area contributed by atoms with Gasteiger partial charge in [-0.25, -0.2) is 8.78 Å². The molecule has 0 saturated heterocycles. The number of halogens is 2. The van der Waals surface area contributed by atoms with Gasteiger partial charge < -0.3 is 9.88 Å². The van der Waals surface area contributed by atoms with E-state index in [2.05, 4.69) is 15.5 Å². The van der Waals surface area contributed by atoms with Gasteiger partial charge in [0.15, 0.2) is 5.16 Å². The number of benzene rings is 1. The lowest BCUT2D eigenvalue weighted by Gasteiger charge is -2.11. The van der Waals surface area contributed by atoms with E-state index in [1.807, 2.05) is 0 Å². The number of aromatic nitrogens is 3. The summed E-state index contributed by atoms with van der Waals surface area (Å²) in [6.45, 7) is 1.64. The van der Waals surface area contributed by atoms with Crippen molar-refractivity contribution in [3.63, 3.8) is 0 Å². The van der Waals surface area contributed by atoms with Crippen LogP contribution in [0.5, 0.6) is 0 Å². The van der Waals surface area contributed by atoms with Gasteiger partial charge in [0.25, 0.3) is 0 Å². The highest BCUT2D eigenvalue weighted by atomic mass is 32.2. The van der Waals surface area contributed by atoms with Crippen molar-refractivity contribution in [2.45, 2.75) is 17.3 Å². The first kappa shape index (κ1) is 14.4. The Bertz CT molecular complexity index is 632. The van der Waals surface area contributed by atoms with E-state index in [0.29, 0.717) is 5.16 Å². The Kier molecular flexibility index (Phi) is 4.33. The fourth-order valence-electron chi connectivity index (χ4n) is 1.42. The maximum Gasteiger partial charge on any atom is 0.237 e. The van der Waals surface area contributed by atoms with E-state index in [4.69, 9.17) is 0 Å². The molecule has 20 heavy (non-hydrogen) atoms. The summed E-state index contributed by atoms with van der Waals surface area (Å²) in [5.74, 6) is -1.74. The molecule has 5 nitrogen and oxygen atoms in total. The van der Waals surface area contributed by atoms with Crippen molar-refractivity contribution < 1.29 is 13.6 Å².